The number of Topliss-reactive ketones (excluding diaryl/α,β-unsaturated/α-hetero) is 1. The van der Waals surface area contributed by atoms with Crippen molar-refractivity contribution in [1.29, 1.82) is 0 Å². The first-order valence-corrected chi connectivity index (χ1v) is 14.8. The molecule has 0 radical (unpaired) electrons. The van der Waals surface area contributed by atoms with Crippen LogP contribution in [0.15, 0.2) is 97.4 Å². The molecule has 1 aliphatic rings. The summed E-state index contributed by atoms with van der Waals surface area (Å²) in [6.07, 6.45) is 0. The number of rotatable bonds is 8. The van der Waals surface area contributed by atoms with Gasteiger partial charge in [-0.1, -0.05) is 75.4 Å². The number of fused-ring (bicyclic) bond motifs is 1. The Morgan fingerprint density at radius 2 is 1.93 bits per heavy atom. The molecule has 8 nitrogen and oxygen atoms in total. The van der Waals surface area contributed by atoms with Gasteiger partial charge in [-0.3, -0.25) is 14.5 Å². The Morgan fingerprint density at radius 1 is 1.15 bits per heavy atom. The third-order valence-electron chi connectivity index (χ3n) is 6.45. The number of aliphatic hydroxyl groups is 1. The smallest absolute Gasteiger partial charge is 0.296 e. The van der Waals surface area contributed by atoms with Crippen molar-refractivity contribution in [3.8, 4) is 5.75 Å². The van der Waals surface area contributed by atoms with E-state index in [1.807, 2.05) is 6.07 Å². The maximum absolute atomic E-state index is 13.9. The first-order valence-electron chi connectivity index (χ1n) is 12.2. The number of ether oxygens (including phenoxy) is 1. The van der Waals surface area contributed by atoms with Gasteiger partial charge in [0.25, 0.3) is 5.91 Å². The summed E-state index contributed by atoms with van der Waals surface area (Å²) in [4.78, 5) is 28.7. The second-order valence-electron chi connectivity index (χ2n) is 8.98. The molecule has 3 aromatic carbocycles. The summed E-state index contributed by atoms with van der Waals surface area (Å²) in [6, 6.07) is 19.1. The van der Waals surface area contributed by atoms with Gasteiger partial charge in [0.2, 0.25) is 10.9 Å². The molecular weight excluding hydrogens is 633 g/mol. The van der Waals surface area contributed by atoms with Gasteiger partial charge in [0.05, 0.1) is 18.7 Å². The van der Waals surface area contributed by atoms with E-state index in [0.29, 0.717) is 32.4 Å². The van der Waals surface area contributed by atoms with Crippen LogP contribution in [0.4, 0.5) is 9.52 Å². The molecule has 6 rings (SSSR count). The molecular formula is C29H19BrFN3O5S2. The zero-order chi connectivity index (χ0) is 28.7. The zero-order valence-electron chi connectivity index (χ0n) is 21.2. The van der Waals surface area contributed by atoms with Crippen molar-refractivity contribution >= 4 is 66.8 Å². The van der Waals surface area contributed by atoms with Gasteiger partial charge in [-0.05, 0) is 47.5 Å². The van der Waals surface area contributed by atoms with Crippen molar-refractivity contribution in [2.45, 2.75) is 16.1 Å². The van der Waals surface area contributed by atoms with Crippen molar-refractivity contribution in [2.75, 3.05) is 12.0 Å². The van der Waals surface area contributed by atoms with Gasteiger partial charge in [0.15, 0.2) is 27.2 Å². The fourth-order valence-corrected chi connectivity index (χ4v) is 6.79. The van der Waals surface area contributed by atoms with Crippen LogP contribution in [0, 0.1) is 5.82 Å². The maximum atomic E-state index is 13.9. The van der Waals surface area contributed by atoms with E-state index in [-0.39, 0.29) is 22.3 Å². The molecule has 0 saturated carbocycles. The number of amides is 1. The number of furan rings is 1. The summed E-state index contributed by atoms with van der Waals surface area (Å²) in [7, 11) is 1.50. The number of halogens is 2. The number of hydrogen-bond acceptors (Lipinski definition) is 9. The Balaban J connectivity index is 1.37. The minimum atomic E-state index is -0.995. The van der Waals surface area contributed by atoms with Crippen LogP contribution in [0.2, 0.25) is 0 Å². The van der Waals surface area contributed by atoms with E-state index in [4.69, 9.17) is 9.15 Å². The van der Waals surface area contributed by atoms with Crippen LogP contribution >= 0.6 is 39.0 Å². The van der Waals surface area contributed by atoms with E-state index in [1.165, 1.54) is 35.9 Å². The normalized spacial score (nSPS) is 15.2. The SMILES string of the molecule is COc1cccc2cc(C(=O)C3=C(O)C(=O)N(c4nnc(SCc5ccc(F)cc5)s4)C3c3cccc(Br)c3)oc12. The van der Waals surface area contributed by atoms with Crippen LogP contribution in [0.25, 0.3) is 11.0 Å². The van der Waals surface area contributed by atoms with Crippen LogP contribution in [-0.4, -0.2) is 34.1 Å². The molecule has 0 saturated heterocycles. The first kappa shape index (κ1) is 27.2. The highest BCUT2D eigenvalue weighted by molar-refractivity contribution is 9.10. The van der Waals surface area contributed by atoms with Crippen LogP contribution in [0.5, 0.6) is 5.75 Å². The lowest BCUT2D eigenvalue weighted by Crippen LogP contribution is -2.31. The van der Waals surface area contributed by atoms with Gasteiger partial charge in [-0.25, -0.2) is 4.39 Å². The van der Waals surface area contributed by atoms with Gasteiger partial charge in [-0.15, -0.1) is 10.2 Å². The minimum absolute atomic E-state index is 0.0477. The van der Waals surface area contributed by atoms with Crippen molar-refractivity contribution in [3.63, 3.8) is 0 Å². The molecule has 1 atom stereocenters. The average Bonchev–Trinajstić information content (AvgIpc) is 3.69. The van der Waals surface area contributed by atoms with Crippen LogP contribution in [0.1, 0.15) is 27.7 Å². The minimum Gasteiger partial charge on any atom is -0.503 e. The van der Waals surface area contributed by atoms with Crippen LogP contribution in [-0.2, 0) is 10.5 Å². The summed E-state index contributed by atoms with van der Waals surface area (Å²) in [5.41, 5.74) is 1.71. The highest BCUT2D eigenvalue weighted by atomic mass is 79.9. The highest BCUT2D eigenvalue weighted by Crippen LogP contribution is 2.45. The van der Waals surface area contributed by atoms with Gasteiger partial charge < -0.3 is 14.3 Å². The number of ketones is 1. The molecule has 41 heavy (non-hydrogen) atoms. The van der Waals surface area contributed by atoms with Gasteiger partial charge in [-0.2, -0.15) is 0 Å². The number of para-hydroxylation sites is 1. The van der Waals surface area contributed by atoms with Crippen molar-refractivity contribution < 1.29 is 28.2 Å². The zero-order valence-corrected chi connectivity index (χ0v) is 24.4. The molecule has 1 amide bonds. The second-order valence-corrected chi connectivity index (χ2v) is 12.1. The highest BCUT2D eigenvalue weighted by Gasteiger charge is 2.47. The summed E-state index contributed by atoms with van der Waals surface area (Å²) in [6.45, 7) is 0. The summed E-state index contributed by atoms with van der Waals surface area (Å²) < 4.78 is 25.8. The number of carbonyl (C=O) groups excluding carboxylic acids is 2. The number of aliphatic hydroxyl groups excluding tert-OH is 1. The Hall–Kier alpha value is -4.00. The standard InChI is InChI=1S/C29H19BrFN3O5S2/c1-38-20-7-3-5-17-13-21(39-26(17)20)24(35)22-23(16-4-2-6-18(30)12-16)34(27(37)25(22)36)28-32-33-29(41-28)40-14-15-8-10-19(31)11-9-15/h2-13,23,36H,14H2,1H3. The average molecular weight is 653 g/mol. The maximum Gasteiger partial charge on any atom is 0.296 e. The molecule has 0 spiro atoms. The van der Waals surface area contributed by atoms with E-state index in [2.05, 4.69) is 26.1 Å². The quantitative estimate of drug-likeness (QED) is 0.106. The predicted molar refractivity (Wildman–Crippen MR) is 157 cm³/mol. The lowest BCUT2D eigenvalue weighted by atomic mass is 9.95. The predicted octanol–water partition coefficient (Wildman–Crippen LogP) is 7.27. The Morgan fingerprint density at radius 3 is 2.68 bits per heavy atom. The van der Waals surface area contributed by atoms with Gasteiger partial charge in [0, 0.05) is 15.6 Å². The number of benzene rings is 3. The number of aromatic nitrogens is 2. The van der Waals surface area contributed by atoms with Crippen molar-refractivity contribution in [3.05, 3.63) is 111 Å². The molecule has 0 bridgehead atoms. The number of carbonyl (C=O) groups is 2. The fraction of sp³-hybridized carbons (Fsp3) is 0.103. The molecule has 206 valence electrons. The Kier molecular flexibility index (Phi) is 7.37. The molecule has 1 unspecified atom stereocenters. The summed E-state index contributed by atoms with van der Waals surface area (Å²) in [5, 5.41) is 20.4. The fourth-order valence-electron chi connectivity index (χ4n) is 4.55. The van der Waals surface area contributed by atoms with E-state index >= 15 is 0 Å². The molecule has 2 aromatic heterocycles. The lowest BCUT2D eigenvalue weighted by Gasteiger charge is -2.24. The van der Waals surface area contributed by atoms with Crippen molar-refractivity contribution in [2.24, 2.45) is 0 Å². The molecule has 5 aromatic rings. The Bertz CT molecular complexity index is 1840. The van der Waals surface area contributed by atoms with E-state index in [0.717, 1.165) is 21.4 Å². The third kappa shape index (κ3) is 5.14. The Labute approximate surface area is 249 Å². The molecule has 0 aliphatic carbocycles. The third-order valence-corrected chi connectivity index (χ3v) is 9.07. The van der Waals surface area contributed by atoms with Gasteiger partial charge >= 0.3 is 0 Å². The molecule has 1 aliphatic heterocycles. The number of nitrogens with zero attached hydrogens (tertiary/aromatic N) is 3. The number of anilines is 1. The van der Waals surface area contributed by atoms with E-state index in [9.17, 15) is 19.1 Å². The van der Waals surface area contributed by atoms with E-state index in [1.54, 1.807) is 54.6 Å². The van der Waals surface area contributed by atoms with Crippen LogP contribution < -0.4 is 9.64 Å². The van der Waals surface area contributed by atoms with Crippen molar-refractivity contribution in [1.82, 2.24) is 10.2 Å². The summed E-state index contributed by atoms with van der Waals surface area (Å²) >= 11 is 5.98. The number of methoxy groups -OCH3 is 1. The number of thioether (sulfide) groups is 1. The van der Waals surface area contributed by atoms with Crippen LogP contribution in [0.3, 0.4) is 0 Å². The van der Waals surface area contributed by atoms with Gasteiger partial charge in [0.1, 0.15) is 5.82 Å². The first-order chi connectivity index (χ1) is 19.8. The molecule has 12 heteroatoms. The summed E-state index contributed by atoms with van der Waals surface area (Å²) in [5.74, 6) is -1.51. The lowest BCUT2D eigenvalue weighted by molar-refractivity contribution is -0.117. The monoisotopic (exact) mass is 651 g/mol. The second kappa shape index (κ2) is 11.1. The largest absolute Gasteiger partial charge is 0.503 e. The number of hydrogen-bond donors (Lipinski definition) is 1. The van der Waals surface area contributed by atoms with E-state index < -0.39 is 23.5 Å². The topological polar surface area (TPSA) is 106 Å². The molecule has 3 heterocycles. The molecule has 0 fully saturated rings. The molecule has 1 N–H and O–H groups in total.